The van der Waals surface area contributed by atoms with E-state index in [1.54, 1.807) is 18.2 Å². The summed E-state index contributed by atoms with van der Waals surface area (Å²) < 4.78 is 87.5. The highest BCUT2D eigenvalue weighted by atomic mass is 19.4. The van der Waals surface area contributed by atoms with Crippen molar-refractivity contribution >= 4 is 16.7 Å². The molecule has 4 rings (SSSR count). The van der Waals surface area contributed by atoms with Crippen LogP contribution in [0.2, 0.25) is 0 Å². The number of aliphatic carboxylic acids is 1. The molecule has 1 N–H and O–H groups in total. The van der Waals surface area contributed by atoms with E-state index in [1.807, 2.05) is 20.8 Å². The number of hydrogen-bond acceptors (Lipinski definition) is 2. The summed E-state index contributed by atoms with van der Waals surface area (Å²) in [4.78, 5) is 11.4. The SMILES string of the molecule is C[C@H](C[C@@H]1C[C@H](C(=O)O)C1(C)C)c1ccc2ccc(OC3CCC(C(F)(F)F)CC3)c(C(F)(F)F)c2c1. The third-order valence-corrected chi connectivity index (χ3v) is 8.70. The van der Waals surface area contributed by atoms with Crippen molar-refractivity contribution in [3.63, 3.8) is 0 Å². The van der Waals surface area contributed by atoms with Crippen molar-refractivity contribution in [2.24, 2.45) is 23.2 Å². The summed E-state index contributed by atoms with van der Waals surface area (Å²) in [6, 6.07) is 7.76. The van der Waals surface area contributed by atoms with E-state index in [-0.39, 0.29) is 54.1 Å². The van der Waals surface area contributed by atoms with Crippen LogP contribution in [0.1, 0.15) is 76.3 Å². The predicted octanol–water partition coefficient (Wildman–Crippen LogP) is 8.60. The number of hydrogen-bond donors (Lipinski definition) is 1. The van der Waals surface area contributed by atoms with Gasteiger partial charge in [-0.25, -0.2) is 0 Å². The standard InChI is InChI=1S/C28H32F6O3/c1-15(12-19-14-22(25(35)36)26(19,2)3)17-5-4-16-6-11-23(24(21(16)13-17)28(32,33)34)37-20-9-7-18(8-10-20)27(29,30)31/h4-6,11,13,15,18-20,22H,7-10,12,14H2,1-3H3,(H,35,36)/t15-,18?,19-,20?,22-/m1/s1. The molecule has 3 atom stereocenters. The molecule has 0 radical (unpaired) electrons. The van der Waals surface area contributed by atoms with Crippen LogP contribution in [-0.2, 0) is 11.0 Å². The minimum absolute atomic E-state index is 0.00499. The summed E-state index contributed by atoms with van der Waals surface area (Å²) in [6.45, 7) is 5.76. The van der Waals surface area contributed by atoms with Gasteiger partial charge in [-0.3, -0.25) is 4.79 Å². The zero-order chi connectivity index (χ0) is 27.3. The molecule has 2 aliphatic carbocycles. The molecule has 0 aromatic heterocycles. The summed E-state index contributed by atoms with van der Waals surface area (Å²) in [6.07, 6.45) is -8.76. The number of alkyl halides is 6. The van der Waals surface area contributed by atoms with E-state index in [0.29, 0.717) is 18.2 Å². The fraction of sp³-hybridized carbons (Fsp3) is 0.607. The number of ether oxygens (including phenoxy) is 1. The molecule has 0 spiro atoms. The van der Waals surface area contributed by atoms with Crippen LogP contribution in [0.3, 0.4) is 0 Å². The fourth-order valence-electron chi connectivity index (χ4n) is 6.10. The van der Waals surface area contributed by atoms with Gasteiger partial charge < -0.3 is 9.84 Å². The highest BCUT2D eigenvalue weighted by Gasteiger charge is 2.52. The molecule has 37 heavy (non-hydrogen) atoms. The van der Waals surface area contributed by atoms with E-state index in [9.17, 15) is 36.2 Å². The summed E-state index contributed by atoms with van der Waals surface area (Å²) in [5.41, 5.74) is -0.581. The van der Waals surface area contributed by atoms with Crippen molar-refractivity contribution in [2.75, 3.05) is 0 Å². The molecule has 0 aliphatic heterocycles. The monoisotopic (exact) mass is 530 g/mol. The lowest BCUT2D eigenvalue weighted by Crippen LogP contribution is -2.49. The van der Waals surface area contributed by atoms with Crippen LogP contribution in [-0.4, -0.2) is 23.4 Å². The average Bonchev–Trinajstić information content (AvgIpc) is 2.79. The van der Waals surface area contributed by atoms with Gasteiger partial charge in [0.15, 0.2) is 0 Å². The van der Waals surface area contributed by atoms with Gasteiger partial charge in [-0.15, -0.1) is 0 Å². The fourth-order valence-corrected chi connectivity index (χ4v) is 6.10. The molecule has 0 amide bonds. The molecule has 204 valence electrons. The molecule has 2 aromatic rings. The van der Waals surface area contributed by atoms with Gasteiger partial charge in [0, 0.05) is 0 Å². The molecule has 0 saturated heterocycles. The largest absolute Gasteiger partial charge is 0.490 e. The van der Waals surface area contributed by atoms with Gasteiger partial charge in [0.1, 0.15) is 11.3 Å². The summed E-state index contributed by atoms with van der Waals surface area (Å²) in [7, 11) is 0. The summed E-state index contributed by atoms with van der Waals surface area (Å²) in [5.74, 6) is -3.00. The van der Waals surface area contributed by atoms with Crippen molar-refractivity contribution in [2.45, 2.75) is 83.7 Å². The third kappa shape index (κ3) is 5.55. The molecule has 0 bridgehead atoms. The molecular weight excluding hydrogens is 498 g/mol. The van der Waals surface area contributed by atoms with Gasteiger partial charge in [0.05, 0.1) is 17.9 Å². The Morgan fingerprint density at radius 1 is 1.05 bits per heavy atom. The molecule has 0 unspecified atom stereocenters. The van der Waals surface area contributed by atoms with Crippen LogP contribution < -0.4 is 4.74 Å². The Hall–Kier alpha value is -2.45. The Kier molecular flexibility index (Phi) is 7.23. The molecule has 3 nitrogen and oxygen atoms in total. The van der Waals surface area contributed by atoms with Crippen LogP contribution in [0.4, 0.5) is 26.3 Å². The number of halogens is 6. The molecule has 2 aromatic carbocycles. The third-order valence-electron chi connectivity index (χ3n) is 8.70. The molecular formula is C28H32F6O3. The first kappa shape index (κ1) is 27.6. The maximum absolute atomic E-state index is 14.3. The Bertz CT molecular complexity index is 1150. The Labute approximate surface area is 212 Å². The zero-order valence-corrected chi connectivity index (χ0v) is 21.0. The van der Waals surface area contributed by atoms with E-state index < -0.39 is 41.8 Å². The van der Waals surface area contributed by atoms with Crippen LogP contribution in [0.5, 0.6) is 5.75 Å². The number of carbonyl (C=O) groups is 1. The molecule has 2 saturated carbocycles. The summed E-state index contributed by atoms with van der Waals surface area (Å²) in [5, 5.41) is 9.78. The van der Waals surface area contributed by atoms with Crippen molar-refractivity contribution in [1.29, 1.82) is 0 Å². The topological polar surface area (TPSA) is 46.5 Å². The van der Waals surface area contributed by atoms with Gasteiger partial charge in [-0.1, -0.05) is 45.0 Å². The van der Waals surface area contributed by atoms with E-state index >= 15 is 0 Å². The summed E-state index contributed by atoms with van der Waals surface area (Å²) >= 11 is 0. The Morgan fingerprint density at radius 2 is 1.68 bits per heavy atom. The first-order chi connectivity index (χ1) is 17.1. The molecule has 2 fully saturated rings. The number of fused-ring (bicyclic) bond motifs is 1. The van der Waals surface area contributed by atoms with Gasteiger partial charge >= 0.3 is 18.3 Å². The lowest BCUT2D eigenvalue weighted by Gasteiger charge is -2.51. The molecule has 2 aliphatic rings. The highest BCUT2D eigenvalue weighted by Crippen LogP contribution is 2.55. The van der Waals surface area contributed by atoms with Crippen LogP contribution in [0.15, 0.2) is 30.3 Å². The lowest BCUT2D eigenvalue weighted by atomic mass is 9.53. The second-order valence-electron chi connectivity index (χ2n) is 11.3. The van der Waals surface area contributed by atoms with Crippen molar-refractivity contribution in [3.05, 3.63) is 41.5 Å². The van der Waals surface area contributed by atoms with Gasteiger partial charge in [0.25, 0.3) is 0 Å². The molecule has 0 heterocycles. The number of carboxylic acids is 1. The van der Waals surface area contributed by atoms with Gasteiger partial charge in [-0.05, 0) is 78.2 Å². The van der Waals surface area contributed by atoms with E-state index in [4.69, 9.17) is 4.74 Å². The Morgan fingerprint density at radius 3 is 2.22 bits per heavy atom. The minimum atomic E-state index is -4.72. The second kappa shape index (κ2) is 9.70. The number of rotatable bonds is 6. The van der Waals surface area contributed by atoms with Crippen LogP contribution in [0, 0.1) is 23.2 Å². The highest BCUT2D eigenvalue weighted by molar-refractivity contribution is 5.89. The minimum Gasteiger partial charge on any atom is -0.490 e. The number of benzene rings is 2. The average molecular weight is 531 g/mol. The van der Waals surface area contributed by atoms with Crippen LogP contribution >= 0.6 is 0 Å². The second-order valence-corrected chi connectivity index (χ2v) is 11.3. The lowest BCUT2D eigenvalue weighted by molar-refractivity contribution is -0.185. The number of carboxylic acid groups (broad SMARTS) is 1. The first-order valence-corrected chi connectivity index (χ1v) is 12.7. The van der Waals surface area contributed by atoms with Crippen molar-refractivity contribution < 1.29 is 41.0 Å². The van der Waals surface area contributed by atoms with Crippen molar-refractivity contribution in [3.8, 4) is 5.75 Å². The van der Waals surface area contributed by atoms with Crippen LogP contribution in [0.25, 0.3) is 10.8 Å². The van der Waals surface area contributed by atoms with E-state index in [1.165, 1.54) is 12.1 Å². The van der Waals surface area contributed by atoms with E-state index in [0.717, 1.165) is 5.56 Å². The quantitative estimate of drug-likeness (QED) is 0.381. The normalized spacial score (nSPS) is 26.9. The first-order valence-electron chi connectivity index (χ1n) is 12.7. The zero-order valence-electron chi connectivity index (χ0n) is 21.0. The maximum Gasteiger partial charge on any atom is 0.420 e. The molecule has 9 heteroatoms. The van der Waals surface area contributed by atoms with Crippen molar-refractivity contribution in [1.82, 2.24) is 0 Å². The van der Waals surface area contributed by atoms with Gasteiger partial charge in [-0.2, -0.15) is 26.3 Å². The maximum atomic E-state index is 14.3. The predicted molar refractivity (Wildman–Crippen MR) is 127 cm³/mol. The van der Waals surface area contributed by atoms with Gasteiger partial charge in [0.2, 0.25) is 0 Å². The Balaban J connectivity index is 1.58. The van der Waals surface area contributed by atoms with E-state index in [2.05, 4.69) is 0 Å². The smallest absolute Gasteiger partial charge is 0.420 e.